The van der Waals surface area contributed by atoms with Crippen molar-refractivity contribution in [3.8, 4) is 0 Å². The maximum absolute atomic E-state index is 4.53. The molecule has 1 aromatic carbocycles. The molecule has 1 heterocycles. The SMILES string of the molecule is C/C=C1\N(S)c2ccccc2C1(C)C. The van der Waals surface area contributed by atoms with E-state index in [-0.39, 0.29) is 5.41 Å². The summed E-state index contributed by atoms with van der Waals surface area (Å²) in [6.45, 7) is 6.53. The summed E-state index contributed by atoms with van der Waals surface area (Å²) in [5.74, 6) is 0. The lowest BCUT2D eigenvalue weighted by Crippen LogP contribution is -2.19. The van der Waals surface area contributed by atoms with E-state index in [0.29, 0.717) is 0 Å². The predicted molar refractivity (Wildman–Crippen MR) is 64.7 cm³/mol. The highest BCUT2D eigenvalue weighted by Crippen LogP contribution is 2.48. The van der Waals surface area contributed by atoms with Gasteiger partial charge >= 0.3 is 0 Å². The lowest BCUT2D eigenvalue weighted by atomic mass is 9.84. The Hall–Kier alpha value is -0.890. The molecule has 0 amide bonds. The summed E-state index contributed by atoms with van der Waals surface area (Å²) < 4.78 is 1.98. The summed E-state index contributed by atoms with van der Waals surface area (Å²) in [5, 5.41) is 0. The summed E-state index contributed by atoms with van der Waals surface area (Å²) in [5.41, 5.74) is 3.88. The van der Waals surface area contributed by atoms with Crippen molar-refractivity contribution in [2.45, 2.75) is 26.2 Å². The monoisotopic (exact) mass is 205 g/mol. The number of thiol groups is 1. The molecule has 0 saturated carbocycles. The Bertz CT molecular complexity index is 393. The van der Waals surface area contributed by atoms with Crippen molar-refractivity contribution >= 4 is 18.5 Å². The van der Waals surface area contributed by atoms with Gasteiger partial charge in [0, 0.05) is 11.1 Å². The molecule has 0 fully saturated rings. The second-order valence-electron chi connectivity index (χ2n) is 4.13. The number of fused-ring (bicyclic) bond motifs is 1. The van der Waals surface area contributed by atoms with Crippen LogP contribution in [0.5, 0.6) is 0 Å². The van der Waals surface area contributed by atoms with Crippen LogP contribution in [0, 0.1) is 0 Å². The highest BCUT2D eigenvalue weighted by Gasteiger charge is 2.38. The minimum atomic E-state index is 0.0765. The normalized spacial score (nSPS) is 21.4. The number of para-hydroxylation sites is 1. The average molecular weight is 205 g/mol. The van der Waals surface area contributed by atoms with Crippen LogP contribution >= 0.6 is 12.8 Å². The van der Waals surface area contributed by atoms with Crippen LogP contribution in [0.4, 0.5) is 5.69 Å². The molecule has 1 nitrogen and oxygen atoms in total. The highest BCUT2D eigenvalue weighted by atomic mass is 32.1. The molecule has 1 aliphatic rings. The van der Waals surface area contributed by atoms with Gasteiger partial charge in [-0.05, 0) is 18.6 Å². The molecule has 74 valence electrons. The first-order valence-electron chi connectivity index (χ1n) is 4.84. The molecule has 0 unspecified atom stereocenters. The number of benzene rings is 1. The predicted octanol–water partition coefficient (Wildman–Crippen LogP) is 3.53. The van der Waals surface area contributed by atoms with Crippen molar-refractivity contribution in [3.63, 3.8) is 0 Å². The second-order valence-corrected chi connectivity index (χ2v) is 4.53. The smallest absolute Gasteiger partial charge is 0.0560 e. The average Bonchev–Trinajstić information content (AvgIpc) is 2.36. The van der Waals surface area contributed by atoms with Gasteiger partial charge in [-0.25, -0.2) is 0 Å². The summed E-state index contributed by atoms with van der Waals surface area (Å²) in [7, 11) is 0. The van der Waals surface area contributed by atoms with Crippen molar-refractivity contribution in [3.05, 3.63) is 41.6 Å². The lowest BCUT2D eigenvalue weighted by Gasteiger charge is -2.22. The Kier molecular flexibility index (Phi) is 2.11. The zero-order valence-electron chi connectivity index (χ0n) is 8.78. The maximum Gasteiger partial charge on any atom is 0.0560 e. The largest absolute Gasteiger partial charge is 0.290 e. The summed E-state index contributed by atoms with van der Waals surface area (Å²) in [6, 6.07) is 8.42. The quantitative estimate of drug-likeness (QED) is 0.634. The van der Waals surface area contributed by atoms with Crippen LogP contribution in [0.15, 0.2) is 36.0 Å². The molecule has 2 rings (SSSR count). The third-order valence-corrected chi connectivity index (χ3v) is 3.38. The number of hydrogen-bond acceptors (Lipinski definition) is 2. The van der Waals surface area contributed by atoms with E-state index in [1.807, 2.05) is 4.31 Å². The van der Waals surface area contributed by atoms with Crippen molar-refractivity contribution in [1.29, 1.82) is 0 Å². The first kappa shape index (κ1) is 9.66. The Labute approximate surface area is 91.0 Å². The number of rotatable bonds is 0. The molecule has 0 saturated heterocycles. The third-order valence-electron chi connectivity index (χ3n) is 2.95. The van der Waals surface area contributed by atoms with E-state index in [4.69, 9.17) is 0 Å². The first-order valence-corrected chi connectivity index (χ1v) is 5.24. The van der Waals surface area contributed by atoms with E-state index in [0.717, 1.165) is 0 Å². The summed E-state index contributed by atoms with van der Waals surface area (Å²) in [4.78, 5) is 0. The molecule has 0 spiro atoms. The Morgan fingerprint density at radius 3 is 2.50 bits per heavy atom. The molecule has 0 aromatic heterocycles. The van der Waals surface area contributed by atoms with Crippen LogP contribution in [0.2, 0.25) is 0 Å². The fourth-order valence-electron chi connectivity index (χ4n) is 2.20. The fraction of sp³-hybridized carbons (Fsp3) is 0.333. The topological polar surface area (TPSA) is 3.24 Å². The minimum Gasteiger partial charge on any atom is -0.290 e. The van der Waals surface area contributed by atoms with Gasteiger partial charge in [0.15, 0.2) is 0 Å². The molecule has 0 radical (unpaired) electrons. The minimum absolute atomic E-state index is 0.0765. The zero-order chi connectivity index (χ0) is 10.3. The van der Waals surface area contributed by atoms with Gasteiger partial charge in [0.2, 0.25) is 0 Å². The van der Waals surface area contributed by atoms with Crippen molar-refractivity contribution < 1.29 is 0 Å². The third kappa shape index (κ3) is 1.10. The van der Waals surface area contributed by atoms with Crippen molar-refractivity contribution in [2.75, 3.05) is 4.31 Å². The summed E-state index contributed by atoms with van der Waals surface area (Å²) >= 11 is 4.53. The molecule has 0 aliphatic carbocycles. The molecule has 1 aliphatic heterocycles. The first-order chi connectivity index (χ1) is 6.59. The standard InChI is InChI=1S/C12H15NS/c1-4-11-12(2,3)9-7-5-6-8-10(9)13(11)14/h4-8,14H,1-3H3/b11-4-. The van der Waals surface area contributed by atoms with Gasteiger partial charge in [0.1, 0.15) is 0 Å². The second kappa shape index (κ2) is 3.06. The van der Waals surface area contributed by atoms with Crippen molar-refractivity contribution in [2.24, 2.45) is 0 Å². The molecule has 14 heavy (non-hydrogen) atoms. The molecule has 0 bridgehead atoms. The lowest BCUT2D eigenvalue weighted by molar-refractivity contribution is 0.647. The fourth-order valence-corrected chi connectivity index (χ4v) is 2.74. The molecular weight excluding hydrogens is 190 g/mol. The van der Waals surface area contributed by atoms with Crippen LogP contribution in [0.25, 0.3) is 0 Å². The molecule has 0 atom stereocenters. The van der Waals surface area contributed by atoms with E-state index in [1.54, 1.807) is 0 Å². The van der Waals surface area contributed by atoms with E-state index >= 15 is 0 Å². The van der Waals surface area contributed by atoms with Gasteiger partial charge in [0.05, 0.1) is 5.69 Å². The highest BCUT2D eigenvalue weighted by molar-refractivity contribution is 7.82. The van der Waals surface area contributed by atoms with E-state index in [2.05, 4.69) is 63.9 Å². The molecular formula is C12H15NS. The van der Waals surface area contributed by atoms with E-state index in [1.165, 1.54) is 16.9 Å². The number of nitrogens with zero attached hydrogens (tertiary/aromatic N) is 1. The van der Waals surface area contributed by atoms with Crippen LogP contribution in [-0.2, 0) is 5.41 Å². The van der Waals surface area contributed by atoms with E-state index < -0.39 is 0 Å². The van der Waals surface area contributed by atoms with Gasteiger partial charge in [0.25, 0.3) is 0 Å². The van der Waals surface area contributed by atoms with Gasteiger partial charge in [-0.2, -0.15) is 0 Å². The Balaban J connectivity index is 2.67. The van der Waals surface area contributed by atoms with Crippen molar-refractivity contribution in [1.82, 2.24) is 0 Å². The van der Waals surface area contributed by atoms with E-state index in [9.17, 15) is 0 Å². The van der Waals surface area contributed by atoms with Gasteiger partial charge in [-0.1, -0.05) is 50.9 Å². The Morgan fingerprint density at radius 1 is 1.29 bits per heavy atom. The summed E-state index contributed by atoms with van der Waals surface area (Å²) in [6.07, 6.45) is 2.13. The van der Waals surface area contributed by atoms with Gasteiger partial charge < -0.3 is 0 Å². The number of hydrogen-bond donors (Lipinski definition) is 1. The van der Waals surface area contributed by atoms with Gasteiger partial charge in [-0.15, -0.1) is 0 Å². The van der Waals surface area contributed by atoms with Crippen LogP contribution in [0.3, 0.4) is 0 Å². The maximum atomic E-state index is 4.53. The van der Waals surface area contributed by atoms with Crippen LogP contribution < -0.4 is 4.31 Å². The molecule has 0 N–H and O–H groups in total. The number of allylic oxidation sites excluding steroid dienone is 2. The molecule has 2 heteroatoms. The zero-order valence-corrected chi connectivity index (χ0v) is 9.68. The molecule has 1 aromatic rings. The number of anilines is 1. The Morgan fingerprint density at radius 2 is 1.93 bits per heavy atom. The van der Waals surface area contributed by atoms with Crippen LogP contribution in [0.1, 0.15) is 26.3 Å². The van der Waals surface area contributed by atoms with Gasteiger partial charge in [-0.3, -0.25) is 4.31 Å². The van der Waals surface area contributed by atoms with Crippen LogP contribution in [-0.4, -0.2) is 0 Å².